The third-order valence-electron chi connectivity index (χ3n) is 3.76. The van der Waals surface area contributed by atoms with Crippen LogP contribution in [0.2, 0.25) is 0 Å². The Balaban J connectivity index is 1.86. The van der Waals surface area contributed by atoms with E-state index in [1.165, 1.54) is 0 Å². The lowest BCUT2D eigenvalue weighted by Crippen LogP contribution is -2.49. The Bertz CT molecular complexity index is 463. The number of ether oxygens (including phenoxy) is 1. The van der Waals surface area contributed by atoms with Gasteiger partial charge in [-0.25, -0.2) is 4.98 Å². The summed E-state index contributed by atoms with van der Waals surface area (Å²) in [5.74, 6) is 0.664. The van der Waals surface area contributed by atoms with Crippen LogP contribution in [0.3, 0.4) is 0 Å². The van der Waals surface area contributed by atoms with Gasteiger partial charge in [0.1, 0.15) is 0 Å². The minimum Gasteiger partial charge on any atom is -0.481 e. The number of methoxy groups -OCH3 is 1. The number of nitriles is 1. The van der Waals surface area contributed by atoms with Gasteiger partial charge in [0.05, 0.1) is 24.9 Å². The van der Waals surface area contributed by atoms with Crippen molar-refractivity contribution >= 4 is 0 Å². The Labute approximate surface area is 120 Å². The molecule has 5 heteroatoms. The first-order valence-corrected chi connectivity index (χ1v) is 7.12. The quantitative estimate of drug-likeness (QED) is 0.814. The van der Waals surface area contributed by atoms with Gasteiger partial charge in [0.15, 0.2) is 0 Å². The first-order chi connectivity index (χ1) is 9.76. The Morgan fingerprint density at radius 1 is 1.35 bits per heavy atom. The summed E-state index contributed by atoms with van der Waals surface area (Å²) in [4.78, 5) is 9.09. The smallest absolute Gasteiger partial charge is 0.213 e. The monoisotopic (exact) mass is 274 g/mol. The molecule has 1 fully saturated rings. The zero-order valence-corrected chi connectivity index (χ0v) is 12.2. The molecule has 1 aliphatic heterocycles. The molecule has 1 aliphatic rings. The molecule has 1 aromatic heterocycles. The van der Waals surface area contributed by atoms with E-state index in [4.69, 9.17) is 10.00 Å². The summed E-state index contributed by atoms with van der Waals surface area (Å²) in [6, 6.07) is 8.30. The molecule has 0 N–H and O–H groups in total. The third kappa shape index (κ3) is 3.69. The Kier molecular flexibility index (Phi) is 5.33. The van der Waals surface area contributed by atoms with E-state index >= 15 is 0 Å². The van der Waals surface area contributed by atoms with Crippen molar-refractivity contribution in [2.45, 2.75) is 25.9 Å². The van der Waals surface area contributed by atoms with E-state index in [0.29, 0.717) is 5.88 Å². The van der Waals surface area contributed by atoms with Gasteiger partial charge in [0, 0.05) is 38.8 Å². The summed E-state index contributed by atoms with van der Waals surface area (Å²) in [6.07, 6.45) is 0.897. The average molecular weight is 274 g/mol. The van der Waals surface area contributed by atoms with Gasteiger partial charge >= 0.3 is 0 Å². The number of hydrogen-bond donors (Lipinski definition) is 0. The molecule has 0 radical (unpaired) electrons. The summed E-state index contributed by atoms with van der Waals surface area (Å²) in [5.41, 5.74) is 1.03. The van der Waals surface area contributed by atoms with Crippen LogP contribution in [-0.2, 0) is 6.54 Å². The van der Waals surface area contributed by atoms with Gasteiger partial charge in [-0.15, -0.1) is 0 Å². The van der Waals surface area contributed by atoms with Crippen molar-refractivity contribution in [3.05, 3.63) is 23.9 Å². The van der Waals surface area contributed by atoms with Crippen molar-refractivity contribution in [3.63, 3.8) is 0 Å². The molecule has 2 rings (SSSR count). The molecule has 1 unspecified atom stereocenters. The molecule has 1 aromatic rings. The second kappa shape index (κ2) is 7.22. The topological polar surface area (TPSA) is 52.4 Å². The lowest BCUT2D eigenvalue weighted by Gasteiger charge is -2.36. The van der Waals surface area contributed by atoms with Gasteiger partial charge < -0.3 is 4.74 Å². The number of aromatic nitrogens is 1. The summed E-state index contributed by atoms with van der Waals surface area (Å²) in [6.45, 7) is 6.79. The molecule has 0 aromatic carbocycles. The van der Waals surface area contributed by atoms with Crippen LogP contribution in [0.1, 0.15) is 19.0 Å². The molecule has 2 heterocycles. The van der Waals surface area contributed by atoms with E-state index in [1.54, 1.807) is 7.11 Å². The number of piperazine rings is 1. The van der Waals surface area contributed by atoms with E-state index in [1.807, 2.05) is 18.2 Å². The SMILES string of the molecule is CCC(C#N)N1CCN(Cc2cccc(OC)n2)CC1. The fraction of sp³-hybridized carbons (Fsp3) is 0.600. The van der Waals surface area contributed by atoms with Crippen molar-refractivity contribution < 1.29 is 4.74 Å². The minimum atomic E-state index is 0.0621. The summed E-state index contributed by atoms with van der Waals surface area (Å²) < 4.78 is 5.15. The van der Waals surface area contributed by atoms with Crippen LogP contribution in [0, 0.1) is 11.3 Å². The van der Waals surface area contributed by atoms with Crippen LogP contribution in [0.5, 0.6) is 5.88 Å². The zero-order chi connectivity index (χ0) is 14.4. The highest BCUT2D eigenvalue weighted by Gasteiger charge is 2.22. The first-order valence-electron chi connectivity index (χ1n) is 7.12. The van der Waals surface area contributed by atoms with Crippen molar-refractivity contribution in [2.24, 2.45) is 0 Å². The Morgan fingerprint density at radius 2 is 2.10 bits per heavy atom. The van der Waals surface area contributed by atoms with E-state index in [-0.39, 0.29) is 6.04 Å². The minimum absolute atomic E-state index is 0.0621. The second-order valence-corrected chi connectivity index (χ2v) is 5.04. The maximum atomic E-state index is 9.11. The van der Waals surface area contributed by atoms with E-state index in [2.05, 4.69) is 27.8 Å². The zero-order valence-electron chi connectivity index (χ0n) is 12.2. The standard InChI is InChI=1S/C15H22N4O/c1-3-14(11-16)19-9-7-18(8-10-19)12-13-5-4-6-15(17-13)20-2/h4-6,14H,3,7-10,12H2,1-2H3. The number of hydrogen-bond acceptors (Lipinski definition) is 5. The molecule has 0 bridgehead atoms. The van der Waals surface area contributed by atoms with Gasteiger partial charge in [-0.05, 0) is 12.5 Å². The lowest BCUT2D eigenvalue weighted by atomic mass is 10.2. The third-order valence-corrected chi connectivity index (χ3v) is 3.76. The molecule has 0 saturated carbocycles. The summed E-state index contributed by atoms with van der Waals surface area (Å²) in [5, 5.41) is 9.11. The molecule has 0 aliphatic carbocycles. The van der Waals surface area contributed by atoms with Gasteiger partial charge in [-0.2, -0.15) is 5.26 Å². The maximum Gasteiger partial charge on any atom is 0.213 e. The highest BCUT2D eigenvalue weighted by molar-refractivity contribution is 5.15. The predicted octanol–water partition coefficient (Wildman–Crippen LogP) is 1.51. The average Bonchev–Trinajstić information content (AvgIpc) is 2.50. The number of pyridine rings is 1. The van der Waals surface area contributed by atoms with Gasteiger partial charge in [0.2, 0.25) is 5.88 Å². The molecule has 1 atom stereocenters. The summed E-state index contributed by atoms with van der Waals surface area (Å²) >= 11 is 0. The molecule has 108 valence electrons. The predicted molar refractivity (Wildman–Crippen MR) is 77.3 cm³/mol. The van der Waals surface area contributed by atoms with Crippen LogP contribution in [0.15, 0.2) is 18.2 Å². The van der Waals surface area contributed by atoms with Crippen molar-refractivity contribution in [3.8, 4) is 11.9 Å². The van der Waals surface area contributed by atoms with Gasteiger partial charge in [-0.1, -0.05) is 13.0 Å². The van der Waals surface area contributed by atoms with Crippen LogP contribution in [0.4, 0.5) is 0 Å². The van der Waals surface area contributed by atoms with Gasteiger partial charge in [0.25, 0.3) is 0 Å². The number of nitrogens with zero attached hydrogens (tertiary/aromatic N) is 4. The van der Waals surface area contributed by atoms with Crippen molar-refractivity contribution in [2.75, 3.05) is 33.3 Å². The Morgan fingerprint density at radius 3 is 2.70 bits per heavy atom. The Hall–Kier alpha value is -1.64. The van der Waals surface area contributed by atoms with Crippen LogP contribution in [0.25, 0.3) is 0 Å². The highest BCUT2D eigenvalue weighted by atomic mass is 16.5. The van der Waals surface area contributed by atoms with Gasteiger partial charge in [-0.3, -0.25) is 9.80 Å². The van der Waals surface area contributed by atoms with Crippen molar-refractivity contribution in [1.82, 2.24) is 14.8 Å². The fourth-order valence-corrected chi connectivity index (χ4v) is 2.55. The van der Waals surface area contributed by atoms with E-state index in [9.17, 15) is 0 Å². The lowest BCUT2D eigenvalue weighted by molar-refractivity contribution is 0.107. The van der Waals surface area contributed by atoms with E-state index < -0.39 is 0 Å². The molecular weight excluding hydrogens is 252 g/mol. The van der Waals surface area contributed by atoms with Crippen LogP contribution in [-0.4, -0.2) is 54.1 Å². The van der Waals surface area contributed by atoms with E-state index in [0.717, 1.165) is 44.8 Å². The highest BCUT2D eigenvalue weighted by Crippen LogP contribution is 2.13. The molecule has 0 spiro atoms. The fourth-order valence-electron chi connectivity index (χ4n) is 2.55. The maximum absolute atomic E-state index is 9.11. The second-order valence-electron chi connectivity index (χ2n) is 5.04. The molecule has 0 amide bonds. The summed E-state index contributed by atoms with van der Waals surface area (Å²) in [7, 11) is 1.64. The van der Waals surface area contributed by atoms with Crippen LogP contribution >= 0.6 is 0 Å². The normalized spacial score (nSPS) is 18.4. The largest absolute Gasteiger partial charge is 0.481 e. The molecular formula is C15H22N4O. The molecule has 5 nitrogen and oxygen atoms in total. The molecule has 20 heavy (non-hydrogen) atoms. The molecule has 1 saturated heterocycles. The van der Waals surface area contributed by atoms with Crippen molar-refractivity contribution in [1.29, 1.82) is 5.26 Å². The van der Waals surface area contributed by atoms with Crippen LogP contribution < -0.4 is 4.74 Å². The number of rotatable bonds is 5. The first kappa shape index (κ1) is 14.8.